The molecule has 1 saturated heterocycles. The lowest BCUT2D eigenvalue weighted by Gasteiger charge is -2.29. The average molecular weight is 314 g/mol. The van der Waals surface area contributed by atoms with Crippen LogP contribution in [-0.2, 0) is 24.6 Å². The number of esters is 1. The van der Waals surface area contributed by atoms with Gasteiger partial charge in [0.15, 0.2) is 5.54 Å². The number of rotatable bonds is 4. The van der Waals surface area contributed by atoms with Gasteiger partial charge in [0.05, 0.1) is 20.3 Å². The van der Waals surface area contributed by atoms with Gasteiger partial charge in [0.25, 0.3) is 5.78 Å². The third-order valence-electron chi connectivity index (χ3n) is 4.10. The molecule has 6 heteroatoms. The highest BCUT2D eigenvalue weighted by atomic mass is 16.5. The topological polar surface area (TPSA) is 68.2 Å². The Morgan fingerprint density at radius 1 is 1.22 bits per heavy atom. The van der Waals surface area contributed by atoms with Crippen molar-refractivity contribution in [3.63, 3.8) is 0 Å². The number of nitrogens with zero attached hydrogens (tertiary/aromatic N) is 2. The molecule has 1 unspecified atom stereocenters. The van der Waals surface area contributed by atoms with Crippen LogP contribution in [0, 0.1) is 0 Å². The first-order chi connectivity index (χ1) is 11.2. The molecule has 1 aromatic carbocycles. The first-order valence-electron chi connectivity index (χ1n) is 7.46. The highest BCUT2D eigenvalue weighted by molar-refractivity contribution is 6.38. The summed E-state index contributed by atoms with van der Waals surface area (Å²) >= 11 is 0. The van der Waals surface area contributed by atoms with Gasteiger partial charge in [-0.15, -0.1) is 0 Å². The van der Waals surface area contributed by atoms with Crippen LogP contribution in [0.3, 0.4) is 0 Å². The summed E-state index contributed by atoms with van der Waals surface area (Å²) in [7, 11) is 1.19. The lowest BCUT2D eigenvalue weighted by molar-refractivity contribution is -0.153. The van der Waals surface area contributed by atoms with Gasteiger partial charge in [-0.25, -0.2) is 4.79 Å². The molecule has 0 spiro atoms. The first-order valence-corrected chi connectivity index (χ1v) is 7.46. The van der Waals surface area contributed by atoms with E-state index in [9.17, 15) is 9.59 Å². The average Bonchev–Trinajstić information content (AvgIpc) is 3.12. The van der Waals surface area contributed by atoms with Crippen LogP contribution < -0.4 is 4.90 Å². The van der Waals surface area contributed by atoms with Crippen LogP contribution in [0.1, 0.15) is 5.56 Å². The Balaban J connectivity index is 1.89. The van der Waals surface area contributed by atoms with Gasteiger partial charge in [-0.05, 0) is 29.8 Å². The SMILES string of the molecule is COC(=O)C(=O)C1(c2ccc(N3CCOCC3)cc2)C=CC=N1. The predicted octanol–water partition coefficient (Wildman–Crippen LogP) is 1.10. The van der Waals surface area contributed by atoms with E-state index < -0.39 is 17.3 Å². The van der Waals surface area contributed by atoms with Crippen molar-refractivity contribution in [1.82, 2.24) is 0 Å². The van der Waals surface area contributed by atoms with Gasteiger partial charge in [-0.1, -0.05) is 12.1 Å². The maximum atomic E-state index is 12.4. The number of carbonyl (C=O) groups excluding carboxylic acids is 2. The molecule has 1 aromatic rings. The van der Waals surface area contributed by atoms with Gasteiger partial charge in [0.1, 0.15) is 0 Å². The Bertz CT molecular complexity index is 646. The number of Topliss-reactive ketones (excluding diaryl/α,β-unsaturated/α-hetero) is 1. The second-order valence-corrected chi connectivity index (χ2v) is 5.37. The molecule has 120 valence electrons. The van der Waals surface area contributed by atoms with E-state index in [1.165, 1.54) is 13.3 Å². The van der Waals surface area contributed by atoms with Crippen LogP contribution in [0.25, 0.3) is 0 Å². The molecule has 6 nitrogen and oxygen atoms in total. The number of morpholine rings is 1. The Morgan fingerprint density at radius 3 is 2.48 bits per heavy atom. The standard InChI is InChI=1S/C17H18N2O4/c1-22-16(21)15(20)17(7-2-8-18-17)13-3-5-14(6-4-13)19-9-11-23-12-10-19/h2-8H,9-12H2,1H3. The minimum Gasteiger partial charge on any atom is -0.463 e. The number of allylic oxidation sites excluding steroid dienone is 1. The quantitative estimate of drug-likeness (QED) is 0.615. The lowest BCUT2D eigenvalue weighted by Crippen LogP contribution is -2.38. The highest BCUT2D eigenvalue weighted by Gasteiger charge is 2.43. The number of aliphatic imine (C=N–C) groups is 1. The van der Waals surface area contributed by atoms with Gasteiger partial charge >= 0.3 is 5.97 Å². The van der Waals surface area contributed by atoms with Gasteiger partial charge in [-0.2, -0.15) is 0 Å². The third kappa shape index (κ3) is 2.77. The van der Waals surface area contributed by atoms with Crippen molar-refractivity contribution in [2.45, 2.75) is 5.54 Å². The molecule has 0 amide bonds. The van der Waals surface area contributed by atoms with Crippen LogP contribution in [0.5, 0.6) is 0 Å². The molecule has 0 aliphatic carbocycles. The first kappa shape index (κ1) is 15.4. The molecule has 0 aromatic heterocycles. The third-order valence-corrected chi connectivity index (χ3v) is 4.10. The molecule has 0 radical (unpaired) electrons. The van der Waals surface area contributed by atoms with E-state index >= 15 is 0 Å². The summed E-state index contributed by atoms with van der Waals surface area (Å²) in [6.45, 7) is 3.09. The van der Waals surface area contributed by atoms with Crippen LogP contribution in [0.2, 0.25) is 0 Å². The summed E-state index contributed by atoms with van der Waals surface area (Å²) in [6, 6.07) is 7.54. The summed E-state index contributed by atoms with van der Waals surface area (Å²) in [4.78, 5) is 30.6. The Labute approximate surface area is 134 Å². The van der Waals surface area contributed by atoms with E-state index in [2.05, 4.69) is 14.6 Å². The summed E-state index contributed by atoms with van der Waals surface area (Å²) in [6.07, 6.45) is 4.81. The number of methoxy groups -OCH3 is 1. The minimum atomic E-state index is -1.31. The molecule has 2 aliphatic heterocycles. The van der Waals surface area contributed by atoms with Crippen molar-refractivity contribution >= 4 is 23.7 Å². The van der Waals surface area contributed by atoms with E-state index in [0.717, 1.165) is 18.8 Å². The molecule has 0 bridgehead atoms. The van der Waals surface area contributed by atoms with Crippen LogP contribution in [-0.4, -0.2) is 51.4 Å². The highest BCUT2D eigenvalue weighted by Crippen LogP contribution is 2.33. The maximum absolute atomic E-state index is 12.4. The summed E-state index contributed by atoms with van der Waals surface area (Å²) in [5.74, 6) is -1.59. The van der Waals surface area contributed by atoms with Gasteiger partial charge in [0.2, 0.25) is 0 Å². The number of carbonyl (C=O) groups is 2. The lowest BCUT2D eigenvalue weighted by atomic mass is 9.86. The smallest absolute Gasteiger partial charge is 0.377 e. The molecular formula is C17H18N2O4. The summed E-state index contributed by atoms with van der Waals surface area (Å²) in [5.41, 5.74) is 0.398. The van der Waals surface area contributed by atoms with E-state index in [-0.39, 0.29) is 0 Å². The van der Waals surface area contributed by atoms with Crippen LogP contribution in [0.4, 0.5) is 5.69 Å². The molecule has 2 aliphatic rings. The fraction of sp³-hybridized carbons (Fsp3) is 0.353. The van der Waals surface area contributed by atoms with Crippen LogP contribution >= 0.6 is 0 Å². The second kappa shape index (κ2) is 6.34. The normalized spacial score (nSPS) is 23.1. The Kier molecular flexibility index (Phi) is 4.25. The molecular weight excluding hydrogens is 296 g/mol. The second-order valence-electron chi connectivity index (χ2n) is 5.37. The number of ketones is 1. The molecule has 23 heavy (non-hydrogen) atoms. The van der Waals surface area contributed by atoms with Crippen molar-refractivity contribution < 1.29 is 19.1 Å². The van der Waals surface area contributed by atoms with Crippen molar-refractivity contribution in [1.29, 1.82) is 0 Å². The zero-order valence-electron chi connectivity index (χ0n) is 12.9. The minimum absolute atomic E-state index is 0.648. The van der Waals surface area contributed by atoms with Crippen LogP contribution in [0.15, 0.2) is 41.4 Å². The van der Waals surface area contributed by atoms with E-state index in [1.54, 1.807) is 12.2 Å². The maximum Gasteiger partial charge on any atom is 0.377 e. The molecule has 1 fully saturated rings. The van der Waals surface area contributed by atoms with Gasteiger partial charge in [-0.3, -0.25) is 9.79 Å². The Hall–Kier alpha value is -2.47. The molecule has 2 heterocycles. The fourth-order valence-corrected chi connectivity index (χ4v) is 2.82. The van der Waals surface area contributed by atoms with Crippen molar-refractivity contribution in [2.75, 3.05) is 38.3 Å². The van der Waals surface area contributed by atoms with E-state index in [4.69, 9.17) is 4.74 Å². The zero-order chi connectivity index (χ0) is 16.3. The van der Waals surface area contributed by atoms with Crippen molar-refractivity contribution in [3.8, 4) is 0 Å². The monoisotopic (exact) mass is 314 g/mol. The van der Waals surface area contributed by atoms with E-state index in [1.807, 2.05) is 24.3 Å². The van der Waals surface area contributed by atoms with Crippen molar-refractivity contribution in [3.05, 3.63) is 42.0 Å². The molecule has 0 saturated carbocycles. The number of hydrogen-bond donors (Lipinski definition) is 0. The zero-order valence-corrected chi connectivity index (χ0v) is 12.9. The van der Waals surface area contributed by atoms with Gasteiger partial charge in [0, 0.05) is 25.0 Å². The van der Waals surface area contributed by atoms with Crippen molar-refractivity contribution in [2.24, 2.45) is 4.99 Å². The Morgan fingerprint density at radius 2 is 1.91 bits per heavy atom. The summed E-state index contributed by atoms with van der Waals surface area (Å²) in [5, 5.41) is 0. The number of ether oxygens (including phenoxy) is 2. The predicted molar refractivity (Wildman–Crippen MR) is 85.8 cm³/mol. The summed E-state index contributed by atoms with van der Waals surface area (Å²) < 4.78 is 9.92. The largest absolute Gasteiger partial charge is 0.463 e. The van der Waals surface area contributed by atoms with Gasteiger partial charge < -0.3 is 14.4 Å². The molecule has 0 N–H and O–H groups in total. The molecule has 1 atom stereocenters. The fourth-order valence-electron chi connectivity index (χ4n) is 2.82. The number of anilines is 1. The number of hydrogen-bond acceptors (Lipinski definition) is 6. The number of benzene rings is 1. The molecule has 3 rings (SSSR count). The van der Waals surface area contributed by atoms with E-state index in [0.29, 0.717) is 18.8 Å².